The zero-order valence-electron chi connectivity index (χ0n) is 9.89. The predicted molar refractivity (Wildman–Crippen MR) is 61.5 cm³/mol. The van der Waals surface area contributed by atoms with Gasteiger partial charge in [0.05, 0.1) is 0 Å². The smallest absolute Gasteiger partial charge is 0.0209 e. The second-order valence-electron chi connectivity index (χ2n) is 5.66. The summed E-state index contributed by atoms with van der Waals surface area (Å²) < 4.78 is 0. The van der Waals surface area contributed by atoms with Crippen LogP contribution in [0, 0.1) is 5.92 Å². The summed E-state index contributed by atoms with van der Waals surface area (Å²) in [7, 11) is 2.36. The lowest BCUT2D eigenvalue weighted by Gasteiger charge is -2.46. The van der Waals surface area contributed by atoms with E-state index in [9.17, 15) is 0 Å². The SMILES string of the molecule is CC1CCCCC2(CCCCN2C)C1. The van der Waals surface area contributed by atoms with Crippen LogP contribution in [0.15, 0.2) is 0 Å². The molecule has 2 atom stereocenters. The average Bonchev–Trinajstić information content (AvgIpc) is 2.34. The Morgan fingerprint density at radius 1 is 1.07 bits per heavy atom. The van der Waals surface area contributed by atoms with Crippen LogP contribution < -0.4 is 0 Å². The highest BCUT2D eigenvalue weighted by molar-refractivity contribution is 4.94. The minimum Gasteiger partial charge on any atom is -0.301 e. The first-order valence-corrected chi connectivity index (χ1v) is 6.44. The quantitative estimate of drug-likeness (QED) is 0.572. The summed E-state index contributed by atoms with van der Waals surface area (Å²) >= 11 is 0. The van der Waals surface area contributed by atoms with Crippen LogP contribution in [0.4, 0.5) is 0 Å². The second-order valence-corrected chi connectivity index (χ2v) is 5.66. The molecule has 0 aromatic heterocycles. The monoisotopic (exact) mass is 195 g/mol. The Bertz CT molecular complexity index is 190. The van der Waals surface area contributed by atoms with Crippen LogP contribution >= 0.6 is 0 Å². The molecule has 2 unspecified atom stereocenters. The van der Waals surface area contributed by atoms with Gasteiger partial charge in [-0.2, -0.15) is 0 Å². The van der Waals surface area contributed by atoms with Gasteiger partial charge in [0.25, 0.3) is 0 Å². The standard InChI is InChI=1S/C13H25N/c1-12-7-3-4-8-13(11-12)9-5-6-10-14(13)2/h12H,3-11H2,1-2H3. The lowest BCUT2D eigenvalue weighted by Crippen LogP contribution is -2.50. The summed E-state index contributed by atoms with van der Waals surface area (Å²) in [5, 5.41) is 0. The fourth-order valence-electron chi connectivity index (χ4n) is 3.60. The van der Waals surface area contributed by atoms with E-state index in [2.05, 4.69) is 18.9 Å². The van der Waals surface area contributed by atoms with E-state index in [-0.39, 0.29) is 0 Å². The van der Waals surface area contributed by atoms with E-state index in [0.717, 1.165) is 5.92 Å². The molecule has 14 heavy (non-hydrogen) atoms. The third-order valence-electron chi connectivity index (χ3n) is 4.51. The first-order chi connectivity index (χ1) is 6.73. The van der Waals surface area contributed by atoms with Crippen molar-refractivity contribution in [1.29, 1.82) is 0 Å². The predicted octanol–water partition coefficient (Wildman–Crippen LogP) is 3.44. The highest BCUT2D eigenvalue weighted by atomic mass is 15.2. The van der Waals surface area contributed by atoms with Crippen LogP contribution in [0.3, 0.4) is 0 Å². The number of nitrogens with zero attached hydrogens (tertiary/aromatic N) is 1. The molecule has 1 spiro atoms. The maximum Gasteiger partial charge on any atom is 0.0209 e. The summed E-state index contributed by atoms with van der Waals surface area (Å²) in [4.78, 5) is 2.68. The van der Waals surface area contributed by atoms with Crippen molar-refractivity contribution in [3.63, 3.8) is 0 Å². The van der Waals surface area contributed by atoms with Gasteiger partial charge in [-0.1, -0.05) is 32.6 Å². The Balaban J connectivity index is 2.09. The number of piperidine rings is 1. The maximum absolute atomic E-state index is 2.68. The van der Waals surface area contributed by atoms with Crippen LogP contribution in [-0.4, -0.2) is 24.0 Å². The number of hydrogen-bond acceptors (Lipinski definition) is 1. The van der Waals surface area contributed by atoms with Gasteiger partial charge >= 0.3 is 0 Å². The minimum absolute atomic E-state index is 0.605. The molecule has 1 heterocycles. The molecule has 2 rings (SSSR count). The van der Waals surface area contributed by atoms with Gasteiger partial charge in [-0.3, -0.25) is 0 Å². The summed E-state index contributed by atoms with van der Waals surface area (Å²) in [6.07, 6.45) is 11.7. The molecule has 1 heteroatoms. The topological polar surface area (TPSA) is 3.24 Å². The van der Waals surface area contributed by atoms with E-state index in [0.29, 0.717) is 5.54 Å². The van der Waals surface area contributed by atoms with Crippen molar-refractivity contribution in [3.05, 3.63) is 0 Å². The van der Waals surface area contributed by atoms with Crippen molar-refractivity contribution in [1.82, 2.24) is 4.90 Å². The summed E-state index contributed by atoms with van der Waals surface area (Å²) in [6, 6.07) is 0. The Morgan fingerprint density at radius 3 is 2.57 bits per heavy atom. The van der Waals surface area contributed by atoms with Gasteiger partial charge in [0, 0.05) is 5.54 Å². The third-order valence-corrected chi connectivity index (χ3v) is 4.51. The molecule has 1 saturated carbocycles. The van der Waals surface area contributed by atoms with Gasteiger partial charge in [-0.05, 0) is 45.2 Å². The van der Waals surface area contributed by atoms with E-state index < -0.39 is 0 Å². The van der Waals surface area contributed by atoms with Crippen molar-refractivity contribution in [2.45, 2.75) is 63.8 Å². The van der Waals surface area contributed by atoms with E-state index in [4.69, 9.17) is 0 Å². The largest absolute Gasteiger partial charge is 0.301 e. The lowest BCUT2D eigenvalue weighted by atomic mass is 9.78. The van der Waals surface area contributed by atoms with Crippen LogP contribution in [0.25, 0.3) is 0 Å². The van der Waals surface area contributed by atoms with Crippen LogP contribution in [0.2, 0.25) is 0 Å². The zero-order chi connectivity index (χ0) is 10.0. The Hall–Kier alpha value is -0.0400. The van der Waals surface area contributed by atoms with Gasteiger partial charge in [-0.15, -0.1) is 0 Å². The molecule has 0 aromatic carbocycles. The number of hydrogen-bond donors (Lipinski definition) is 0. The highest BCUT2D eigenvalue weighted by Crippen LogP contribution is 2.40. The van der Waals surface area contributed by atoms with Crippen LogP contribution in [0.1, 0.15) is 58.3 Å². The van der Waals surface area contributed by atoms with Crippen molar-refractivity contribution < 1.29 is 0 Å². The van der Waals surface area contributed by atoms with Gasteiger partial charge in [0.15, 0.2) is 0 Å². The van der Waals surface area contributed by atoms with Gasteiger partial charge in [0.2, 0.25) is 0 Å². The Kier molecular flexibility index (Phi) is 3.16. The molecule has 0 radical (unpaired) electrons. The number of rotatable bonds is 0. The fourth-order valence-corrected chi connectivity index (χ4v) is 3.60. The first kappa shape index (κ1) is 10.5. The maximum atomic E-state index is 2.68. The molecule has 1 nitrogen and oxygen atoms in total. The Labute approximate surface area is 88.9 Å². The van der Waals surface area contributed by atoms with Crippen molar-refractivity contribution in [2.75, 3.05) is 13.6 Å². The second kappa shape index (κ2) is 4.22. The lowest BCUT2D eigenvalue weighted by molar-refractivity contribution is 0.0485. The number of likely N-dealkylation sites (tertiary alicyclic amines) is 1. The first-order valence-electron chi connectivity index (χ1n) is 6.44. The van der Waals surface area contributed by atoms with Crippen LogP contribution in [0.5, 0.6) is 0 Å². The van der Waals surface area contributed by atoms with E-state index >= 15 is 0 Å². The van der Waals surface area contributed by atoms with Crippen molar-refractivity contribution >= 4 is 0 Å². The van der Waals surface area contributed by atoms with Gasteiger partial charge in [-0.25, -0.2) is 0 Å². The van der Waals surface area contributed by atoms with Gasteiger partial charge < -0.3 is 4.90 Å². The molecule has 1 saturated heterocycles. The van der Waals surface area contributed by atoms with Crippen molar-refractivity contribution in [3.8, 4) is 0 Å². The molecule has 1 aliphatic heterocycles. The minimum atomic E-state index is 0.605. The summed E-state index contributed by atoms with van der Waals surface area (Å²) in [6.45, 7) is 3.79. The van der Waals surface area contributed by atoms with Gasteiger partial charge in [0.1, 0.15) is 0 Å². The van der Waals surface area contributed by atoms with E-state index in [1.54, 1.807) is 0 Å². The van der Waals surface area contributed by atoms with Crippen LogP contribution in [-0.2, 0) is 0 Å². The van der Waals surface area contributed by atoms with E-state index in [1.807, 2.05) is 0 Å². The molecular weight excluding hydrogens is 170 g/mol. The molecule has 1 aliphatic carbocycles. The normalized spacial score (nSPS) is 41.1. The Morgan fingerprint density at radius 2 is 1.79 bits per heavy atom. The zero-order valence-corrected chi connectivity index (χ0v) is 9.89. The molecule has 0 aromatic rings. The fraction of sp³-hybridized carbons (Fsp3) is 1.00. The molecule has 0 amide bonds. The molecule has 82 valence electrons. The molecule has 2 fully saturated rings. The molecule has 2 aliphatic rings. The summed E-state index contributed by atoms with van der Waals surface area (Å²) in [5.74, 6) is 0.957. The molecular formula is C13H25N. The highest BCUT2D eigenvalue weighted by Gasteiger charge is 2.38. The average molecular weight is 195 g/mol. The molecule has 0 N–H and O–H groups in total. The molecule has 0 bridgehead atoms. The van der Waals surface area contributed by atoms with Crippen molar-refractivity contribution in [2.24, 2.45) is 5.92 Å². The third kappa shape index (κ3) is 1.98. The van der Waals surface area contributed by atoms with E-state index in [1.165, 1.54) is 57.9 Å². The summed E-state index contributed by atoms with van der Waals surface area (Å²) in [5.41, 5.74) is 0.605.